The zero-order valence-corrected chi connectivity index (χ0v) is 17.1. The normalized spacial score (nSPS) is 15.8. The molecule has 7 heteroatoms. The third kappa shape index (κ3) is 3.62. The van der Waals surface area contributed by atoms with Gasteiger partial charge in [0.05, 0.1) is 36.3 Å². The van der Waals surface area contributed by atoms with Gasteiger partial charge in [0.15, 0.2) is 0 Å². The van der Waals surface area contributed by atoms with Crippen LogP contribution in [0.1, 0.15) is 49.8 Å². The van der Waals surface area contributed by atoms with Crippen molar-refractivity contribution in [3.05, 3.63) is 53.6 Å². The number of nitrogens with zero attached hydrogens (tertiary/aromatic N) is 3. The highest BCUT2D eigenvalue weighted by atomic mass is 16.5. The molecule has 1 aliphatic rings. The maximum Gasteiger partial charge on any atom is 0.229 e. The van der Waals surface area contributed by atoms with Crippen LogP contribution in [0, 0.1) is 11.3 Å². The number of aromatic nitrogens is 2. The van der Waals surface area contributed by atoms with Gasteiger partial charge in [-0.1, -0.05) is 30.3 Å². The summed E-state index contributed by atoms with van der Waals surface area (Å²) < 4.78 is 7.42. The summed E-state index contributed by atoms with van der Waals surface area (Å²) in [5.74, 6) is 0.574. The molecule has 1 unspecified atom stereocenters. The Balaban J connectivity index is 1.68. The Morgan fingerprint density at radius 3 is 2.70 bits per heavy atom. The lowest BCUT2D eigenvalue weighted by Crippen LogP contribution is -2.30. The van der Waals surface area contributed by atoms with Crippen molar-refractivity contribution in [2.45, 2.75) is 44.2 Å². The second-order valence-electron chi connectivity index (χ2n) is 7.91. The first kappa shape index (κ1) is 19.9. The first-order valence-corrected chi connectivity index (χ1v) is 10.0. The maximum atomic E-state index is 12.8. The minimum absolute atomic E-state index is 0.106. The van der Waals surface area contributed by atoms with E-state index < -0.39 is 5.60 Å². The molecule has 0 saturated heterocycles. The van der Waals surface area contributed by atoms with Crippen molar-refractivity contribution in [2.75, 3.05) is 12.4 Å². The van der Waals surface area contributed by atoms with Gasteiger partial charge < -0.3 is 14.4 Å². The number of nitriles is 1. The van der Waals surface area contributed by atoms with Crippen LogP contribution in [0.15, 0.2) is 42.5 Å². The number of hydrogen-bond acceptors (Lipinski definition) is 5. The molecule has 3 aromatic rings. The second-order valence-corrected chi connectivity index (χ2v) is 7.91. The monoisotopic (exact) mass is 404 g/mol. The molecule has 1 atom stereocenters. The molecule has 1 aromatic heterocycles. The second kappa shape index (κ2) is 7.81. The summed E-state index contributed by atoms with van der Waals surface area (Å²) in [6.45, 7) is 1.62. The third-order valence-corrected chi connectivity index (χ3v) is 5.70. The largest absolute Gasteiger partial charge is 0.494 e. The first-order chi connectivity index (χ1) is 14.4. The van der Waals surface area contributed by atoms with Crippen LogP contribution in [-0.2, 0) is 10.4 Å². The Labute approximate surface area is 174 Å². The molecular weight excluding hydrogens is 380 g/mol. The molecule has 1 aliphatic carbocycles. The van der Waals surface area contributed by atoms with Gasteiger partial charge in [0.25, 0.3) is 0 Å². The molecule has 1 heterocycles. The fraction of sp³-hybridized carbons (Fsp3) is 0.348. The minimum Gasteiger partial charge on any atom is -0.494 e. The summed E-state index contributed by atoms with van der Waals surface area (Å²) in [7, 11) is 1.54. The van der Waals surface area contributed by atoms with Crippen molar-refractivity contribution >= 4 is 22.9 Å². The average Bonchev–Trinajstić information content (AvgIpc) is 3.03. The lowest BCUT2D eigenvalue weighted by atomic mass is 9.92. The van der Waals surface area contributed by atoms with E-state index in [1.165, 1.54) is 7.11 Å². The maximum absolute atomic E-state index is 12.8. The topological polar surface area (TPSA) is 100 Å². The molecule has 0 radical (unpaired) electrons. The van der Waals surface area contributed by atoms with Crippen molar-refractivity contribution in [1.82, 2.24) is 9.55 Å². The number of benzene rings is 2. The molecule has 1 amide bonds. The molecule has 2 N–H and O–H groups in total. The average molecular weight is 404 g/mol. The quantitative estimate of drug-likeness (QED) is 0.649. The summed E-state index contributed by atoms with van der Waals surface area (Å²) >= 11 is 0. The molecule has 2 aromatic carbocycles. The van der Waals surface area contributed by atoms with E-state index in [0.29, 0.717) is 28.3 Å². The van der Waals surface area contributed by atoms with Crippen LogP contribution in [0.4, 0.5) is 5.95 Å². The highest BCUT2D eigenvalue weighted by Gasteiger charge is 2.30. The molecule has 7 nitrogen and oxygen atoms in total. The minimum atomic E-state index is -1.30. The number of amides is 1. The van der Waals surface area contributed by atoms with E-state index in [0.717, 1.165) is 24.8 Å². The van der Waals surface area contributed by atoms with Crippen LogP contribution >= 0.6 is 0 Å². The van der Waals surface area contributed by atoms with Crippen molar-refractivity contribution in [3.8, 4) is 11.8 Å². The Hall–Kier alpha value is -3.37. The van der Waals surface area contributed by atoms with Crippen LogP contribution in [0.25, 0.3) is 11.0 Å². The van der Waals surface area contributed by atoms with Gasteiger partial charge in [-0.2, -0.15) is 5.26 Å². The van der Waals surface area contributed by atoms with Crippen LogP contribution in [-0.4, -0.2) is 27.7 Å². The van der Waals surface area contributed by atoms with Crippen LogP contribution in [0.2, 0.25) is 0 Å². The number of carbonyl (C=O) groups excluding carboxylic acids is 1. The molecule has 30 heavy (non-hydrogen) atoms. The van der Waals surface area contributed by atoms with Gasteiger partial charge in [0, 0.05) is 12.1 Å². The fourth-order valence-corrected chi connectivity index (χ4v) is 3.87. The van der Waals surface area contributed by atoms with Gasteiger partial charge in [-0.3, -0.25) is 10.1 Å². The van der Waals surface area contributed by atoms with E-state index in [-0.39, 0.29) is 18.4 Å². The van der Waals surface area contributed by atoms with E-state index in [1.54, 1.807) is 31.2 Å². The first-order valence-electron chi connectivity index (χ1n) is 10.0. The summed E-state index contributed by atoms with van der Waals surface area (Å²) in [5.41, 5.74) is 1.22. The zero-order valence-electron chi connectivity index (χ0n) is 17.1. The fourth-order valence-electron chi connectivity index (χ4n) is 3.87. The molecule has 1 fully saturated rings. The van der Waals surface area contributed by atoms with Gasteiger partial charge in [0.2, 0.25) is 11.9 Å². The van der Waals surface area contributed by atoms with E-state index in [9.17, 15) is 15.2 Å². The van der Waals surface area contributed by atoms with Crippen LogP contribution < -0.4 is 10.1 Å². The number of aliphatic hydroxyl groups is 1. The molecule has 0 spiro atoms. The van der Waals surface area contributed by atoms with Crippen molar-refractivity contribution in [2.24, 2.45) is 0 Å². The highest BCUT2D eigenvalue weighted by Crippen LogP contribution is 2.39. The molecule has 1 saturated carbocycles. The smallest absolute Gasteiger partial charge is 0.229 e. The molecule has 0 bridgehead atoms. The Morgan fingerprint density at radius 1 is 1.37 bits per heavy atom. The van der Waals surface area contributed by atoms with Gasteiger partial charge in [-0.15, -0.1) is 0 Å². The number of fused-ring (bicyclic) bond motifs is 1. The van der Waals surface area contributed by atoms with Crippen molar-refractivity contribution in [1.29, 1.82) is 5.26 Å². The number of imidazole rings is 1. The van der Waals surface area contributed by atoms with E-state index in [2.05, 4.69) is 16.4 Å². The van der Waals surface area contributed by atoms with Gasteiger partial charge in [0.1, 0.15) is 11.3 Å². The summed E-state index contributed by atoms with van der Waals surface area (Å²) in [6, 6.07) is 14.9. The Morgan fingerprint density at radius 2 is 2.10 bits per heavy atom. The standard InChI is InChI=1S/C23H24N4O3/c1-23(29,16-7-4-3-5-8-16)13-20(28)25-22-26-21-18(27(22)17-9-6-10-17)11-15(14-24)12-19(21)30-2/h3-5,7-8,11-12,17,29H,6,9-10,13H2,1-2H3,(H,25,26,28). The number of rotatable bonds is 6. The molecule has 154 valence electrons. The predicted octanol–water partition coefficient (Wildman–Crippen LogP) is 3.88. The summed E-state index contributed by atoms with van der Waals surface area (Å²) in [5, 5.41) is 23.1. The summed E-state index contributed by atoms with van der Waals surface area (Å²) in [4.78, 5) is 17.4. The zero-order chi connectivity index (χ0) is 21.3. The Kier molecular flexibility index (Phi) is 5.18. The number of hydrogen-bond donors (Lipinski definition) is 2. The Bertz CT molecular complexity index is 1120. The van der Waals surface area contributed by atoms with E-state index >= 15 is 0 Å². The molecular formula is C23H24N4O3. The van der Waals surface area contributed by atoms with Gasteiger partial charge in [-0.05, 0) is 37.8 Å². The van der Waals surface area contributed by atoms with Gasteiger partial charge >= 0.3 is 0 Å². The predicted molar refractivity (Wildman–Crippen MR) is 113 cm³/mol. The van der Waals surface area contributed by atoms with Gasteiger partial charge in [-0.25, -0.2) is 4.98 Å². The number of carbonyl (C=O) groups is 1. The SMILES string of the molecule is COc1cc(C#N)cc2c1nc(NC(=O)CC(C)(O)c1ccccc1)n2C1CCC1. The van der Waals surface area contributed by atoms with Crippen LogP contribution in [0.5, 0.6) is 5.75 Å². The van der Waals surface area contributed by atoms with Crippen molar-refractivity contribution in [3.63, 3.8) is 0 Å². The summed E-state index contributed by atoms with van der Waals surface area (Å²) in [6.07, 6.45) is 2.96. The highest BCUT2D eigenvalue weighted by molar-refractivity contribution is 5.94. The molecule has 0 aliphatic heterocycles. The van der Waals surface area contributed by atoms with Crippen LogP contribution in [0.3, 0.4) is 0 Å². The van der Waals surface area contributed by atoms with Crippen molar-refractivity contribution < 1.29 is 14.6 Å². The van der Waals surface area contributed by atoms with E-state index in [4.69, 9.17) is 4.74 Å². The number of ether oxygens (including phenoxy) is 1. The molecule has 4 rings (SSSR count). The number of anilines is 1. The number of methoxy groups -OCH3 is 1. The third-order valence-electron chi connectivity index (χ3n) is 5.70. The number of nitrogens with one attached hydrogen (secondary N) is 1. The lowest BCUT2D eigenvalue weighted by molar-refractivity contribution is -0.120. The van der Waals surface area contributed by atoms with E-state index in [1.807, 2.05) is 22.8 Å². The lowest BCUT2D eigenvalue weighted by Gasteiger charge is -2.29.